The first-order chi connectivity index (χ1) is 12.6. The number of alkyl halides is 1. The van der Waals surface area contributed by atoms with Gasteiger partial charge in [-0.1, -0.05) is 0 Å². The van der Waals surface area contributed by atoms with Gasteiger partial charge in [0.15, 0.2) is 0 Å². The average Bonchev–Trinajstić information content (AvgIpc) is 3.27. The molecule has 4 heterocycles. The average molecular weight is 369 g/mol. The zero-order valence-corrected chi connectivity index (χ0v) is 15.6. The van der Waals surface area contributed by atoms with Crippen molar-refractivity contribution >= 4 is 32.5 Å². The molecule has 7 heteroatoms. The van der Waals surface area contributed by atoms with E-state index in [0.29, 0.717) is 6.54 Å². The number of nitrogens with zero attached hydrogens (tertiary/aromatic N) is 4. The fourth-order valence-electron chi connectivity index (χ4n) is 3.83. The van der Waals surface area contributed by atoms with Crippen LogP contribution in [0.2, 0.25) is 0 Å². The molecule has 0 saturated carbocycles. The van der Waals surface area contributed by atoms with Crippen molar-refractivity contribution in [3.8, 4) is 10.4 Å². The molecule has 1 fully saturated rings. The smallest absolute Gasteiger partial charge is 0.146 e. The van der Waals surface area contributed by atoms with Crippen LogP contribution >= 0.6 is 11.3 Å². The number of rotatable bonds is 2. The summed E-state index contributed by atoms with van der Waals surface area (Å²) in [6, 6.07) is 6.36. The molecule has 1 aromatic carbocycles. The molecule has 1 saturated heterocycles. The minimum Gasteiger partial charge on any atom is -0.314 e. The van der Waals surface area contributed by atoms with Crippen LogP contribution in [-0.2, 0) is 7.05 Å². The molecule has 1 N–H and O–H groups in total. The summed E-state index contributed by atoms with van der Waals surface area (Å²) < 4.78 is 17.9. The van der Waals surface area contributed by atoms with Gasteiger partial charge < -0.3 is 5.32 Å². The van der Waals surface area contributed by atoms with E-state index in [1.807, 2.05) is 28.8 Å². The molecule has 3 aromatic heterocycles. The van der Waals surface area contributed by atoms with E-state index < -0.39 is 6.17 Å². The Labute approximate surface area is 154 Å². The van der Waals surface area contributed by atoms with Crippen molar-refractivity contribution in [3.05, 3.63) is 36.2 Å². The molecule has 2 atom stereocenters. The number of thiophene rings is 1. The number of fused-ring (bicyclic) bond motifs is 2. The van der Waals surface area contributed by atoms with Crippen LogP contribution in [0.15, 0.2) is 30.6 Å². The van der Waals surface area contributed by atoms with Gasteiger partial charge in [0.2, 0.25) is 0 Å². The lowest BCUT2D eigenvalue weighted by molar-refractivity contribution is 0.174. The molecule has 0 aliphatic carbocycles. The summed E-state index contributed by atoms with van der Waals surface area (Å²) >= 11 is 1.66. The van der Waals surface area contributed by atoms with Crippen LogP contribution in [0.4, 0.5) is 4.39 Å². The SMILES string of the molecule is Cc1cc(-c2cc3cn([C@H]4CCNC[C@@H]4F)nc3s2)cc2cn(C)nc12. The van der Waals surface area contributed by atoms with Crippen LogP contribution in [0.25, 0.3) is 31.6 Å². The predicted molar refractivity (Wildman–Crippen MR) is 103 cm³/mol. The minimum atomic E-state index is -0.882. The normalized spacial score (nSPS) is 21.0. The Morgan fingerprint density at radius 1 is 1.19 bits per heavy atom. The van der Waals surface area contributed by atoms with Gasteiger partial charge >= 0.3 is 0 Å². The maximum atomic E-state index is 14.2. The lowest BCUT2D eigenvalue weighted by Crippen LogP contribution is -2.39. The van der Waals surface area contributed by atoms with Gasteiger partial charge in [-0.25, -0.2) is 4.39 Å². The van der Waals surface area contributed by atoms with E-state index in [1.54, 1.807) is 11.3 Å². The molecule has 1 aliphatic heterocycles. The minimum absolute atomic E-state index is 0.159. The molecule has 0 unspecified atom stereocenters. The molecular formula is C19H20FN5S. The Morgan fingerprint density at radius 3 is 2.88 bits per heavy atom. The maximum Gasteiger partial charge on any atom is 0.146 e. The summed E-state index contributed by atoms with van der Waals surface area (Å²) in [5.74, 6) is 0. The van der Waals surface area contributed by atoms with Crippen molar-refractivity contribution in [3.63, 3.8) is 0 Å². The third kappa shape index (κ3) is 2.54. The summed E-state index contributed by atoms with van der Waals surface area (Å²) in [6.07, 6.45) is 3.93. The summed E-state index contributed by atoms with van der Waals surface area (Å²) in [7, 11) is 1.94. The zero-order chi connectivity index (χ0) is 17.8. The standard InChI is InChI=1S/C19H20FN5S/c1-11-5-12(6-13-9-24(2)22-18(11)13)17-7-14-10-25(23-19(14)26-17)16-3-4-21-8-15(16)20/h5-7,9-10,15-16,21H,3-4,8H2,1-2H3/t15-,16-/m0/s1. The fourth-order valence-corrected chi connectivity index (χ4v) is 4.83. The lowest BCUT2D eigenvalue weighted by Gasteiger charge is -2.26. The molecule has 134 valence electrons. The van der Waals surface area contributed by atoms with Crippen LogP contribution in [0.1, 0.15) is 18.0 Å². The van der Waals surface area contributed by atoms with Crippen LogP contribution in [0, 0.1) is 6.92 Å². The van der Waals surface area contributed by atoms with Gasteiger partial charge in [-0.15, -0.1) is 11.3 Å². The van der Waals surface area contributed by atoms with Gasteiger partial charge in [0.05, 0.1) is 11.6 Å². The summed E-state index contributed by atoms with van der Waals surface area (Å²) in [4.78, 5) is 2.15. The Hall–Kier alpha value is -2.25. The highest BCUT2D eigenvalue weighted by Crippen LogP contribution is 2.36. The molecule has 5 rings (SSSR count). The van der Waals surface area contributed by atoms with Crippen molar-refractivity contribution in [2.45, 2.75) is 25.6 Å². The van der Waals surface area contributed by atoms with E-state index in [4.69, 9.17) is 0 Å². The highest BCUT2D eigenvalue weighted by molar-refractivity contribution is 7.21. The molecule has 0 spiro atoms. The Balaban J connectivity index is 1.53. The van der Waals surface area contributed by atoms with Gasteiger partial charge in [-0.3, -0.25) is 9.36 Å². The summed E-state index contributed by atoms with van der Waals surface area (Å²) in [5.41, 5.74) is 3.40. The first kappa shape index (κ1) is 16.0. The number of benzene rings is 1. The Kier molecular flexibility index (Phi) is 3.62. The predicted octanol–water partition coefficient (Wildman–Crippen LogP) is 3.83. The second-order valence-corrected chi connectivity index (χ2v) is 8.12. The number of aromatic nitrogens is 4. The zero-order valence-electron chi connectivity index (χ0n) is 14.7. The van der Waals surface area contributed by atoms with Gasteiger partial charge in [-0.05, 0) is 49.2 Å². The van der Waals surface area contributed by atoms with E-state index in [1.165, 1.54) is 16.0 Å². The number of halogens is 1. The van der Waals surface area contributed by atoms with Crippen molar-refractivity contribution in [2.75, 3.05) is 13.1 Å². The molecule has 0 bridgehead atoms. The highest BCUT2D eigenvalue weighted by Gasteiger charge is 2.27. The monoisotopic (exact) mass is 369 g/mol. The molecule has 5 nitrogen and oxygen atoms in total. The number of nitrogens with one attached hydrogen (secondary N) is 1. The largest absolute Gasteiger partial charge is 0.314 e. The molecule has 26 heavy (non-hydrogen) atoms. The fraction of sp³-hybridized carbons (Fsp3) is 0.368. The van der Waals surface area contributed by atoms with Crippen molar-refractivity contribution in [1.29, 1.82) is 0 Å². The number of aryl methyl sites for hydroxylation is 2. The van der Waals surface area contributed by atoms with Gasteiger partial charge in [0.1, 0.15) is 11.0 Å². The van der Waals surface area contributed by atoms with Crippen LogP contribution in [0.3, 0.4) is 0 Å². The Bertz CT molecular complexity index is 1080. The van der Waals surface area contributed by atoms with E-state index in [0.717, 1.165) is 34.1 Å². The first-order valence-electron chi connectivity index (χ1n) is 8.86. The van der Waals surface area contributed by atoms with Crippen molar-refractivity contribution in [2.24, 2.45) is 7.05 Å². The second kappa shape index (κ2) is 5.89. The number of piperidine rings is 1. The van der Waals surface area contributed by atoms with E-state index >= 15 is 0 Å². The summed E-state index contributed by atoms with van der Waals surface area (Å²) in [5, 5.41) is 14.5. The first-order valence-corrected chi connectivity index (χ1v) is 9.68. The summed E-state index contributed by atoms with van der Waals surface area (Å²) in [6.45, 7) is 3.35. The van der Waals surface area contributed by atoms with Gasteiger partial charge in [0.25, 0.3) is 0 Å². The lowest BCUT2D eigenvalue weighted by atomic mass is 10.1. The van der Waals surface area contributed by atoms with E-state index in [2.05, 4.69) is 40.6 Å². The van der Waals surface area contributed by atoms with Crippen LogP contribution in [-0.4, -0.2) is 38.8 Å². The molecular weight excluding hydrogens is 349 g/mol. The van der Waals surface area contributed by atoms with E-state index in [-0.39, 0.29) is 6.04 Å². The highest BCUT2D eigenvalue weighted by atomic mass is 32.1. The van der Waals surface area contributed by atoms with Crippen LogP contribution < -0.4 is 5.32 Å². The Morgan fingerprint density at radius 2 is 2.08 bits per heavy atom. The van der Waals surface area contributed by atoms with Crippen molar-refractivity contribution < 1.29 is 4.39 Å². The molecule has 4 aromatic rings. The topological polar surface area (TPSA) is 47.7 Å². The third-order valence-corrected chi connectivity index (χ3v) is 6.21. The van der Waals surface area contributed by atoms with Gasteiger partial charge in [0, 0.05) is 41.6 Å². The second-order valence-electron chi connectivity index (χ2n) is 7.09. The van der Waals surface area contributed by atoms with Crippen LogP contribution in [0.5, 0.6) is 0 Å². The van der Waals surface area contributed by atoms with Gasteiger partial charge in [-0.2, -0.15) is 10.2 Å². The molecule has 0 amide bonds. The van der Waals surface area contributed by atoms with Crippen molar-refractivity contribution in [1.82, 2.24) is 24.9 Å². The quantitative estimate of drug-likeness (QED) is 0.584. The maximum absolute atomic E-state index is 14.2. The molecule has 0 radical (unpaired) electrons. The molecule has 1 aliphatic rings. The third-order valence-electron chi connectivity index (χ3n) is 5.13. The van der Waals surface area contributed by atoms with E-state index in [9.17, 15) is 4.39 Å². The number of hydrogen-bond donors (Lipinski definition) is 1. The number of hydrogen-bond acceptors (Lipinski definition) is 4.